The van der Waals surface area contributed by atoms with Gasteiger partial charge in [-0.3, -0.25) is 0 Å². The van der Waals surface area contributed by atoms with E-state index in [0.717, 1.165) is 5.56 Å². The Morgan fingerprint density at radius 3 is 2.50 bits per heavy atom. The molecular formula is C11H14ClFO. The van der Waals surface area contributed by atoms with Gasteiger partial charge in [0.05, 0.1) is 0 Å². The molecule has 1 rings (SSSR count). The summed E-state index contributed by atoms with van der Waals surface area (Å²) in [6.45, 7) is 3.39. The second kappa shape index (κ2) is 4.76. The van der Waals surface area contributed by atoms with Crippen LogP contribution < -0.4 is 0 Å². The van der Waals surface area contributed by atoms with E-state index in [1.54, 1.807) is 18.2 Å². The maximum atomic E-state index is 12.9. The Morgan fingerprint density at radius 1 is 1.43 bits per heavy atom. The topological polar surface area (TPSA) is 20.2 Å². The summed E-state index contributed by atoms with van der Waals surface area (Å²) in [6, 6.07) is 5.10. The van der Waals surface area contributed by atoms with Crippen LogP contribution in [0.15, 0.2) is 18.2 Å². The molecule has 1 nitrogen and oxygen atoms in total. The highest BCUT2D eigenvalue weighted by Gasteiger charge is 2.11. The zero-order valence-corrected chi connectivity index (χ0v) is 9.05. The molecule has 0 aromatic heterocycles. The number of benzene rings is 1. The van der Waals surface area contributed by atoms with Gasteiger partial charge in [-0.2, -0.15) is 0 Å². The van der Waals surface area contributed by atoms with E-state index < -0.39 is 6.17 Å². The van der Waals surface area contributed by atoms with Gasteiger partial charge in [-0.25, -0.2) is 4.39 Å². The first-order valence-corrected chi connectivity index (χ1v) is 4.98. The minimum absolute atomic E-state index is 0.00790. The molecule has 1 aromatic carbocycles. The number of aliphatic hydroxyl groups excluding tert-OH is 1. The average molecular weight is 217 g/mol. The molecule has 3 heteroatoms. The van der Waals surface area contributed by atoms with Crippen LogP contribution in [0.3, 0.4) is 0 Å². The molecule has 0 spiro atoms. The van der Waals surface area contributed by atoms with Crippen molar-refractivity contribution >= 4 is 11.6 Å². The third kappa shape index (κ3) is 2.46. The van der Waals surface area contributed by atoms with E-state index in [1.807, 2.05) is 6.92 Å². The van der Waals surface area contributed by atoms with Gasteiger partial charge in [0.2, 0.25) is 0 Å². The molecule has 2 unspecified atom stereocenters. The molecule has 1 N–H and O–H groups in total. The first-order chi connectivity index (χ1) is 6.56. The highest BCUT2D eigenvalue weighted by molar-refractivity contribution is 6.31. The van der Waals surface area contributed by atoms with Gasteiger partial charge in [0.25, 0.3) is 0 Å². The Balaban J connectivity index is 3.01. The van der Waals surface area contributed by atoms with E-state index in [1.165, 1.54) is 6.92 Å². The number of alkyl halides is 1. The molecule has 0 fully saturated rings. The average Bonchev–Trinajstić information content (AvgIpc) is 2.16. The van der Waals surface area contributed by atoms with Crippen LogP contribution in [0.1, 0.15) is 37.1 Å². The van der Waals surface area contributed by atoms with E-state index in [0.29, 0.717) is 10.6 Å². The number of rotatable bonds is 3. The first kappa shape index (κ1) is 11.5. The summed E-state index contributed by atoms with van der Waals surface area (Å²) in [5.41, 5.74) is 1.43. The summed E-state index contributed by atoms with van der Waals surface area (Å²) in [4.78, 5) is 0. The highest BCUT2D eigenvalue weighted by atomic mass is 35.5. The molecule has 1 aromatic rings. The summed E-state index contributed by atoms with van der Waals surface area (Å²) in [5.74, 6) is -0.00790. The van der Waals surface area contributed by atoms with E-state index >= 15 is 0 Å². The van der Waals surface area contributed by atoms with Crippen molar-refractivity contribution in [2.24, 2.45) is 0 Å². The Bertz CT molecular complexity index is 312. The van der Waals surface area contributed by atoms with Crippen molar-refractivity contribution in [1.82, 2.24) is 0 Å². The van der Waals surface area contributed by atoms with Crippen molar-refractivity contribution in [3.8, 4) is 0 Å². The quantitative estimate of drug-likeness (QED) is 0.821. The molecule has 0 aliphatic rings. The fourth-order valence-electron chi connectivity index (χ4n) is 1.29. The molecule has 0 heterocycles. The summed E-state index contributed by atoms with van der Waals surface area (Å²) < 4.78 is 12.9. The molecule has 2 atom stereocenters. The molecule has 0 saturated carbocycles. The molecule has 0 amide bonds. The fourth-order valence-corrected chi connectivity index (χ4v) is 1.66. The SMILES string of the molecule is CC(F)c1ccc(C(C)CO)c(Cl)c1. The van der Waals surface area contributed by atoms with Crippen LogP contribution in [0.5, 0.6) is 0 Å². The molecule has 0 aliphatic heterocycles. The van der Waals surface area contributed by atoms with Crippen LogP contribution >= 0.6 is 11.6 Å². The van der Waals surface area contributed by atoms with Gasteiger partial charge >= 0.3 is 0 Å². The van der Waals surface area contributed by atoms with Gasteiger partial charge < -0.3 is 5.11 Å². The van der Waals surface area contributed by atoms with Crippen molar-refractivity contribution in [2.45, 2.75) is 25.9 Å². The number of hydrogen-bond donors (Lipinski definition) is 1. The van der Waals surface area contributed by atoms with E-state index in [2.05, 4.69) is 0 Å². The van der Waals surface area contributed by atoms with E-state index in [9.17, 15) is 4.39 Å². The van der Waals surface area contributed by atoms with Crippen LogP contribution in [0, 0.1) is 0 Å². The van der Waals surface area contributed by atoms with Crippen LogP contribution in [-0.2, 0) is 0 Å². The molecule has 14 heavy (non-hydrogen) atoms. The summed E-state index contributed by atoms with van der Waals surface area (Å²) in [6.07, 6.45) is -1.01. The number of aliphatic hydroxyl groups is 1. The maximum Gasteiger partial charge on any atom is 0.122 e. The lowest BCUT2D eigenvalue weighted by molar-refractivity contribution is 0.273. The summed E-state index contributed by atoms with van der Waals surface area (Å²) in [5, 5.41) is 9.48. The van der Waals surface area contributed by atoms with Crippen LogP contribution in [0.2, 0.25) is 5.02 Å². The van der Waals surface area contributed by atoms with Crippen molar-refractivity contribution in [3.05, 3.63) is 34.3 Å². The maximum absolute atomic E-state index is 12.9. The second-order valence-corrected chi connectivity index (χ2v) is 3.89. The Morgan fingerprint density at radius 2 is 2.07 bits per heavy atom. The first-order valence-electron chi connectivity index (χ1n) is 4.60. The minimum Gasteiger partial charge on any atom is -0.396 e. The predicted octanol–water partition coefficient (Wildman–Crippen LogP) is 3.47. The minimum atomic E-state index is -1.01. The van der Waals surface area contributed by atoms with Gasteiger partial charge in [-0.05, 0) is 24.1 Å². The Kier molecular flexibility index (Phi) is 3.90. The third-order valence-corrected chi connectivity index (χ3v) is 2.62. The lowest BCUT2D eigenvalue weighted by atomic mass is 9.99. The summed E-state index contributed by atoms with van der Waals surface area (Å²) >= 11 is 5.97. The van der Waals surface area contributed by atoms with Gasteiger partial charge in [0.1, 0.15) is 6.17 Å². The van der Waals surface area contributed by atoms with Crippen LogP contribution in [0.4, 0.5) is 4.39 Å². The van der Waals surface area contributed by atoms with Crippen molar-refractivity contribution < 1.29 is 9.50 Å². The molecule has 78 valence electrons. The van der Waals surface area contributed by atoms with Gasteiger partial charge in [-0.15, -0.1) is 0 Å². The molecule has 0 aliphatic carbocycles. The fraction of sp³-hybridized carbons (Fsp3) is 0.455. The van der Waals surface area contributed by atoms with E-state index in [-0.39, 0.29) is 12.5 Å². The zero-order valence-electron chi connectivity index (χ0n) is 8.30. The smallest absolute Gasteiger partial charge is 0.122 e. The highest BCUT2D eigenvalue weighted by Crippen LogP contribution is 2.28. The largest absolute Gasteiger partial charge is 0.396 e. The normalized spacial score (nSPS) is 15.2. The van der Waals surface area contributed by atoms with Gasteiger partial charge in [-0.1, -0.05) is 30.7 Å². The van der Waals surface area contributed by atoms with Crippen molar-refractivity contribution in [3.63, 3.8) is 0 Å². The summed E-state index contributed by atoms with van der Waals surface area (Å²) in [7, 11) is 0. The molecule has 0 bridgehead atoms. The monoisotopic (exact) mass is 216 g/mol. The zero-order chi connectivity index (χ0) is 10.7. The molecule has 0 saturated heterocycles. The van der Waals surface area contributed by atoms with Gasteiger partial charge in [0.15, 0.2) is 0 Å². The van der Waals surface area contributed by atoms with Crippen molar-refractivity contribution in [2.75, 3.05) is 6.61 Å². The van der Waals surface area contributed by atoms with Crippen molar-refractivity contribution in [1.29, 1.82) is 0 Å². The van der Waals surface area contributed by atoms with Gasteiger partial charge in [0, 0.05) is 17.5 Å². The number of hydrogen-bond acceptors (Lipinski definition) is 1. The Labute approximate surface area is 88.5 Å². The standard InChI is InChI=1S/C11H14ClFO/c1-7(6-14)10-4-3-9(8(2)13)5-11(10)12/h3-5,7-8,14H,6H2,1-2H3. The van der Waals surface area contributed by atoms with E-state index in [4.69, 9.17) is 16.7 Å². The molecule has 0 radical (unpaired) electrons. The van der Waals surface area contributed by atoms with Crippen LogP contribution in [-0.4, -0.2) is 11.7 Å². The lowest BCUT2D eigenvalue weighted by Gasteiger charge is -2.12. The number of halogens is 2. The predicted molar refractivity (Wildman–Crippen MR) is 56.5 cm³/mol. The Hall–Kier alpha value is -0.600. The molecular weight excluding hydrogens is 203 g/mol. The third-order valence-electron chi connectivity index (χ3n) is 2.29. The second-order valence-electron chi connectivity index (χ2n) is 3.48. The lowest BCUT2D eigenvalue weighted by Crippen LogP contribution is -2.00. The van der Waals surface area contributed by atoms with Crippen LogP contribution in [0.25, 0.3) is 0 Å².